The number of methoxy groups -OCH3 is 1. The summed E-state index contributed by atoms with van der Waals surface area (Å²) in [7, 11) is 1.50. The van der Waals surface area contributed by atoms with Gasteiger partial charge in [-0.25, -0.2) is 9.78 Å². The van der Waals surface area contributed by atoms with E-state index < -0.39 is 16.6 Å². The van der Waals surface area contributed by atoms with Crippen LogP contribution in [0.25, 0.3) is 0 Å². The minimum absolute atomic E-state index is 0.00307. The van der Waals surface area contributed by atoms with E-state index >= 15 is 0 Å². The number of hydrogen-bond donors (Lipinski definition) is 1. The van der Waals surface area contributed by atoms with Gasteiger partial charge in [0.15, 0.2) is 0 Å². The molecule has 0 unspecified atom stereocenters. The second-order valence-electron chi connectivity index (χ2n) is 9.93. The summed E-state index contributed by atoms with van der Waals surface area (Å²) in [5, 5.41) is 10.6. The SMILES string of the molecule is COC(=O)[C@@]1(C)CCC[C@]2(C)[C@H]3C[C@@H]4OO[C@]3(C=C4C(C)(C)O)CC[C@H]21. The Morgan fingerprint density at radius 1 is 1.27 bits per heavy atom. The lowest BCUT2D eigenvalue weighted by Crippen LogP contribution is -2.65. The largest absolute Gasteiger partial charge is 0.469 e. The molecule has 0 amide bonds. The van der Waals surface area contributed by atoms with Crippen molar-refractivity contribution in [3.8, 4) is 0 Å². The fourth-order valence-corrected chi connectivity index (χ4v) is 6.83. The van der Waals surface area contributed by atoms with Crippen molar-refractivity contribution in [2.45, 2.75) is 83.5 Å². The Morgan fingerprint density at radius 2 is 2.00 bits per heavy atom. The third-order valence-corrected chi connectivity index (χ3v) is 8.06. The van der Waals surface area contributed by atoms with E-state index in [0.29, 0.717) is 5.92 Å². The molecule has 2 saturated carbocycles. The molecule has 5 nitrogen and oxygen atoms in total. The molecule has 2 bridgehead atoms. The fourth-order valence-electron chi connectivity index (χ4n) is 6.83. The molecule has 1 saturated heterocycles. The Bertz CT molecular complexity index is 649. The topological polar surface area (TPSA) is 65.0 Å². The molecular formula is C21H32O5. The van der Waals surface area contributed by atoms with Gasteiger partial charge in [0.2, 0.25) is 0 Å². The van der Waals surface area contributed by atoms with E-state index in [1.807, 2.05) is 13.8 Å². The van der Waals surface area contributed by atoms with E-state index in [9.17, 15) is 9.90 Å². The zero-order valence-electron chi connectivity index (χ0n) is 16.6. The summed E-state index contributed by atoms with van der Waals surface area (Å²) in [6.45, 7) is 8.06. The van der Waals surface area contributed by atoms with Gasteiger partial charge in [0.05, 0.1) is 18.1 Å². The van der Waals surface area contributed by atoms with Crippen molar-refractivity contribution >= 4 is 5.97 Å². The van der Waals surface area contributed by atoms with Gasteiger partial charge >= 0.3 is 5.97 Å². The first-order chi connectivity index (χ1) is 12.1. The molecule has 5 rings (SSSR count). The smallest absolute Gasteiger partial charge is 0.311 e. The highest BCUT2D eigenvalue weighted by Gasteiger charge is 2.67. The Kier molecular flexibility index (Phi) is 3.94. The molecule has 5 aliphatic rings. The summed E-state index contributed by atoms with van der Waals surface area (Å²) in [6.07, 6.45) is 7.53. The molecule has 0 radical (unpaired) electrons. The molecule has 1 spiro atoms. The molecule has 0 aromatic rings. The summed E-state index contributed by atoms with van der Waals surface area (Å²) >= 11 is 0. The molecule has 3 fully saturated rings. The van der Waals surface area contributed by atoms with Crippen LogP contribution in [-0.4, -0.2) is 35.5 Å². The van der Waals surface area contributed by atoms with Crippen LogP contribution in [0.15, 0.2) is 11.6 Å². The Labute approximate surface area is 156 Å². The normalized spacial score (nSPS) is 47.6. The van der Waals surface area contributed by atoms with Crippen LogP contribution < -0.4 is 0 Å². The zero-order chi connectivity index (χ0) is 19.0. The predicted molar refractivity (Wildman–Crippen MR) is 96.0 cm³/mol. The van der Waals surface area contributed by atoms with Gasteiger partial charge in [-0.3, -0.25) is 4.79 Å². The van der Waals surface area contributed by atoms with Crippen molar-refractivity contribution in [2.24, 2.45) is 22.7 Å². The monoisotopic (exact) mass is 364 g/mol. The minimum atomic E-state index is -0.905. The fraction of sp³-hybridized carbons (Fsp3) is 0.857. The number of fused-ring (bicyclic) bond motifs is 2. The van der Waals surface area contributed by atoms with Crippen molar-refractivity contribution < 1.29 is 24.4 Å². The van der Waals surface area contributed by atoms with Crippen LogP contribution in [-0.2, 0) is 19.3 Å². The first-order valence-corrected chi connectivity index (χ1v) is 9.95. The van der Waals surface area contributed by atoms with E-state index in [4.69, 9.17) is 14.5 Å². The van der Waals surface area contributed by atoms with E-state index in [0.717, 1.165) is 44.1 Å². The van der Waals surface area contributed by atoms with Crippen molar-refractivity contribution in [1.29, 1.82) is 0 Å². The standard InChI is InChI=1S/C21H32O5/c1-18(2,23)13-12-21-10-7-15-19(3,16(21)11-14(13)25-26-21)8-6-9-20(15,4)17(22)24-5/h12,14-16,23H,6-11H2,1-5H3/t14-,15+,16+,19-,20-,21-/m0/s1. The van der Waals surface area contributed by atoms with Crippen LogP contribution in [0.3, 0.4) is 0 Å². The average molecular weight is 364 g/mol. The second-order valence-corrected chi connectivity index (χ2v) is 9.93. The Hall–Kier alpha value is -0.910. The van der Waals surface area contributed by atoms with Gasteiger partial charge in [-0.15, -0.1) is 0 Å². The summed E-state index contributed by atoms with van der Waals surface area (Å²) in [4.78, 5) is 24.3. The van der Waals surface area contributed by atoms with Crippen molar-refractivity contribution in [2.75, 3.05) is 7.11 Å². The number of rotatable bonds is 2. The third-order valence-electron chi connectivity index (χ3n) is 8.06. The lowest BCUT2D eigenvalue weighted by atomic mass is 9.43. The Morgan fingerprint density at radius 3 is 2.65 bits per heavy atom. The van der Waals surface area contributed by atoms with Gasteiger partial charge in [-0.05, 0) is 75.9 Å². The Balaban J connectivity index is 1.75. The zero-order valence-corrected chi connectivity index (χ0v) is 16.6. The minimum Gasteiger partial charge on any atom is -0.469 e. The second kappa shape index (κ2) is 5.55. The number of carbonyl (C=O) groups excluding carboxylic acids is 1. The van der Waals surface area contributed by atoms with Gasteiger partial charge in [0, 0.05) is 5.92 Å². The molecular weight excluding hydrogens is 332 g/mol. The number of hydrogen-bond acceptors (Lipinski definition) is 5. The van der Waals surface area contributed by atoms with Crippen LogP contribution in [0.5, 0.6) is 0 Å². The first-order valence-electron chi connectivity index (χ1n) is 9.95. The first kappa shape index (κ1) is 18.5. The number of ether oxygens (including phenoxy) is 1. The summed E-state index contributed by atoms with van der Waals surface area (Å²) in [6, 6.07) is 0. The maximum absolute atomic E-state index is 12.7. The van der Waals surface area contributed by atoms with Crippen LogP contribution in [0.4, 0.5) is 0 Å². The van der Waals surface area contributed by atoms with Gasteiger partial charge in [0.25, 0.3) is 0 Å². The van der Waals surface area contributed by atoms with Crippen LogP contribution >= 0.6 is 0 Å². The van der Waals surface area contributed by atoms with E-state index in [2.05, 4.69) is 19.9 Å². The summed E-state index contributed by atoms with van der Waals surface area (Å²) < 4.78 is 5.20. The number of esters is 1. The van der Waals surface area contributed by atoms with E-state index in [1.54, 1.807) is 0 Å². The van der Waals surface area contributed by atoms with Crippen molar-refractivity contribution in [3.05, 3.63) is 11.6 Å². The average Bonchev–Trinajstić information content (AvgIpc) is 2.59. The maximum Gasteiger partial charge on any atom is 0.311 e. The lowest BCUT2D eigenvalue weighted by Gasteiger charge is -2.65. The molecule has 3 aliphatic carbocycles. The van der Waals surface area contributed by atoms with E-state index in [1.165, 1.54) is 7.11 Å². The molecule has 6 atom stereocenters. The predicted octanol–water partition coefficient (Wildman–Crippen LogP) is 3.55. The van der Waals surface area contributed by atoms with Crippen LogP contribution in [0.1, 0.15) is 66.2 Å². The number of carbonyl (C=O) groups is 1. The van der Waals surface area contributed by atoms with Gasteiger partial charge in [-0.2, -0.15) is 0 Å². The lowest BCUT2D eigenvalue weighted by molar-refractivity contribution is -0.435. The molecule has 2 aliphatic heterocycles. The maximum atomic E-state index is 12.7. The molecule has 5 heteroatoms. The van der Waals surface area contributed by atoms with Crippen molar-refractivity contribution in [3.63, 3.8) is 0 Å². The van der Waals surface area contributed by atoms with Crippen LogP contribution in [0.2, 0.25) is 0 Å². The highest BCUT2D eigenvalue weighted by atomic mass is 17.2. The molecule has 26 heavy (non-hydrogen) atoms. The molecule has 2 heterocycles. The third kappa shape index (κ3) is 2.29. The molecule has 146 valence electrons. The molecule has 1 N–H and O–H groups in total. The van der Waals surface area contributed by atoms with Gasteiger partial charge in [0.1, 0.15) is 11.7 Å². The highest BCUT2D eigenvalue weighted by Crippen LogP contribution is 2.67. The highest BCUT2D eigenvalue weighted by molar-refractivity contribution is 5.77. The van der Waals surface area contributed by atoms with Gasteiger partial charge in [-0.1, -0.05) is 13.3 Å². The van der Waals surface area contributed by atoms with E-state index in [-0.39, 0.29) is 23.4 Å². The molecule has 0 aromatic carbocycles. The number of aliphatic hydroxyl groups is 1. The van der Waals surface area contributed by atoms with Crippen LogP contribution in [0, 0.1) is 22.7 Å². The van der Waals surface area contributed by atoms with Gasteiger partial charge < -0.3 is 9.84 Å². The quantitative estimate of drug-likeness (QED) is 0.461. The summed E-state index contributed by atoms with van der Waals surface area (Å²) in [5.74, 6) is 0.506. The molecule has 0 aromatic heterocycles. The van der Waals surface area contributed by atoms with Crippen molar-refractivity contribution in [1.82, 2.24) is 0 Å². The summed E-state index contributed by atoms with van der Waals surface area (Å²) in [5.41, 5.74) is -0.873.